The topological polar surface area (TPSA) is 82.2 Å². The molecule has 0 radical (unpaired) electrons. The number of hydrogen-bond donors (Lipinski definition) is 3. The number of aromatic amines is 1. The van der Waals surface area contributed by atoms with Gasteiger partial charge in [-0.2, -0.15) is 0 Å². The summed E-state index contributed by atoms with van der Waals surface area (Å²) in [5, 5.41) is 12.9. The maximum absolute atomic E-state index is 11.8. The SMILES string of the molecule is O=C(O)C1C(=O)NCCC1c1c[nH]c2ccccc12. The molecule has 1 aliphatic heterocycles. The number of carbonyl (C=O) groups is 2. The molecule has 1 aliphatic rings. The molecule has 5 heteroatoms. The number of H-pyrrole nitrogens is 1. The second kappa shape index (κ2) is 4.42. The molecule has 1 saturated heterocycles. The number of aliphatic carboxylic acids is 1. The highest BCUT2D eigenvalue weighted by Gasteiger charge is 2.39. The van der Waals surface area contributed by atoms with Crippen molar-refractivity contribution < 1.29 is 14.7 Å². The summed E-state index contributed by atoms with van der Waals surface area (Å²) in [5.74, 6) is -2.74. The maximum Gasteiger partial charge on any atom is 0.316 e. The van der Waals surface area contributed by atoms with E-state index in [-0.39, 0.29) is 5.92 Å². The minimum atomic E-state index is -1.06. The van der Waals surface area contributed by atoms with E-state index in [1.165, 1.54) is 0 Å². The van der Waals surface area contributed by atoms with E-state index in [2.05, 4.69) is 10.3 Å². The summed E-state index contributed by atoms with van der Waals surface area (Å²) in [6, 6.07) is 7.73. The third kappa shape index (κ3) is 1.87. The van der Waals surface area contributed by atoms with Crippen molar-refractivity contribution in [2.45, 2.75) is 12.3 Å². The summed E-state index contributed by atoms with van der Waals surface area (Å²) in [6.45, 7) is 0.521. The van der Waals surface area contributed by atoms with Crippen LogP contribution in [0.4, 0.5) is 0 Å². The number of carboxylic acid groups (broad SMARTS) is 1. The molecule has 0 bridgehead atoms. The zero-order chi connectivity index (χ0) is 13.4. The lowest BCUT2D eigenvalue weighted by Gasteiger charge is -2.28. The fourth-order valence-corrected chi connectivity index (χ4v) is 2.83. The van der Waals surface area contributed by atoms with Crippen molar-refractivity contribution in [2.24, 2.45) is 5.92 Å². The van der Waals surface area contributed by atoms with Gasteiger partial charge >= 0.3 is 5.97 Å². The van der Waals surface area contributed by atoms with Crippen molar-refractivity contribution in [3.8, 4) is 0 Å². The van der Waals surface area contributed by atoms with Crippen molar-refractivity contribution in [2.75, 3.05) is 6.54 Å². The summed E-state index contributed by atoms with van der Waals surface area (Å²) in [5.41, 5.74) is 1.88. The number of benzene rings is 1. The van der Waals surface area contributed by atoms with Crippen LogP contribution in [0.1, 0.15) is 17.9 Å². The van der Waals surface area contributed by atoms with E-state index in [1.807, 2.05) is 30.5 Å². The van der Waals surface area contributed by atoms with Gasteiger partial charge in [-0.15, -0.1) is 0 Å². The zero-order valence-electron chi connectivity index (χ0n) is 10.2. The predicted molar refractivity (Wildman–Crippen MR) is 69.8 cm³/mol. The Hall–Kier alpha value is -2.30. The van der Waals surface area contributed by atoms with Crippen LogP contribution in [-0.2, 0) is 9.59 Å². The highest BCUT2D eigenvalue weighted by atomic mass is 16.4. The van der Waals surface area contributed by atoms with E-state index in [0.717, 1.165) is 16.5 Å². The molecule has 3 N–H and O–H groups in total. The normalized spacial score (nSPS) is 23.3. The fraction of sp³-hybridized carbons (Fsp3) is 0.286. The molecular formula is C14H14N2O3. The first-order chi connectivity index (χ1) is 9.18. The molecule has 1 aromatic carbocycles. The lowest BCUT2D eigenvalue weighted by Crippen LogP contribution is -2.44. The van der Waals surface area contributed by atoms with Crippen LogP contribution in [0.5, 0.6) is 0 Å². The van der Waals surface area contributed by atoms with Gasteiger partial charge in [-0.1, -0.05) is 18.2 Å². The first-order valence-corrected chi connectivity index (χ1v) is 6.25. The molecule has 98 valence electrons. The molecule has 1 amide bonds. The quantitative estimate of drug-likeness (QED) is 0.713. The van der Waals surface area contributed by atoms with E-state index in [4.69, 9.17) is 0 Å². The molecule has 3 rings (SSSR count). The molecule has 2 heterocycles. The Bertz CT molecular complexity index is 647. The van der Waals surface area contributed by atoms with Gasteiger partial charge in [-0.3, -0.25) is 9.59 Å². The molecule has 0 saturated carbocycles. The van der Waals surface area contributed by atoms with Crippen molar-refractivity contribution >= 4 is 22.8 Å². The van der Waals surface area contributed by atoms with Gasteiger partial charge in [0.1, 0.15) is 5.92 Å². The van der Waals surface area contributed by atoms with Crippen molar-refractivity contribution in [3.63, 3.8) is 0 Å². The highest BCUT2D eigenvalue weighted by Crippen LogP contribution is 2.35. The molecule has 0 aliphatic carbocycles. The number of carboxylic acids is 1. The van der Waals surface area contributed by atoms with Gasteiger partial charge in [-0.25, -0.2) is 0 Å². The average molecular weight is 258 g/mol. The number of para-hydroxylation sites is 1. The molecule has 1 aromatic heterocycles. The average Bonchev–Trinajstić information content (AvgIpc) is 2.81. The van der Waals surface area contributed by atoms with Gasteiger partial charge in [0.15, 0.2) is 0 Å². The van der Waals surface area contributed by atoms with Crippen LogP contribution in [0.2, 0.25) is 0 Å². The van der Waals surface area contributed by atoms with Crippen LogP contribution >= 0.6 is 0 Å². The molecule has 0 spiro atoms. The Labute approximate surface area is 109 Å². The van der Waals surface area contributed by atoms with Crippen LogP contribution < -0.4 is 5.32 Å². The third-order valence-corrected chi connectivity index (χ3v) is 3.73. The monoisotopic (exact) mass is 258 g/mol. The Morgan fingerprint density at radius 3 is 2.89 bits per heavy atom. The Morgan fingerprint density at radius 1 is 1.32 bits per heavy atom. The van der Waals surface area contributed by atoms with Crippen molar-refractivity contribution in [1.82, 2.24) is 10.3 Å². The largest absolute Gasteiger partial charge is 0.481 e. The number of hydrogen-bond acceptors (Lipinski definition) is 2. The zero-order valence-corrected chi connectivity index (χ0v) is 10.2. The van der Waals surface area contributed by atoms with Crippen molar-refractivity contribution in [1.29, 1.82) is 0 Å². The van der Waals surface area contributed by atoms with E-state index in [1.54, 1.807) is 0 Å². The number of amides is 1. The number of piperidine rings is 1. The van der Waals surface area contributed by atoms with E-state index < -0.39 is 17.8 Å². The number of rotatable bonds is 2. The summed E-state index contributed by atoms with van der Waals surface area (Å²) >= 11 is 0. The van der Waals surface area contributed by atoms with Crippen LogP contribution in [0.3, 0.4) is 0 Å². The molecule has 5 nitrogen and oxygen atoms in total. The summed E-state index contributed by atoms with van der Waals surface area (Å²) < 4.78 is 0. The van der Waals surface area contributed by atoms with Gasteiger partial charge in [-0.05, 0) is 18.1 Å². The Morgan fingerprint density at radius 2 is 2.11 bits per heavy atom. The smallest absolute Gasteiger partial charge is 0.316 e. The van der Waals surface area contributed by atoms with Crippen LogP contribution in [0.15, 0.2) is 30.5 Å². The molecule has 2 aromatic rings. The van der Waals surface area contributed by atoms with Gasteiger partial charge in [0, 0.05) is 29.6 Å². The van der Waals surface area contributed by atoms with E-state index in [9.17, 15) is 14.7 Å². The minimum absolute atomic E-state index is 0.276. The van der Waals surface area contributed by atoms with E-state index >= 15 is 0 Å². The molecular weight excluding hydrogens is 244 g/mol. The Kier molecular flexibility index (Phi) is 2.74. The van der Waals surface area contributed by atoms with Crippen molar-refractivity contribution in [3.05, 3.63) is 36.0 Å². The number of carbonyl (C=O) groups excluding carboxylic acids is 1. The molecule has 2 unspecified atom stereocenters. The minimum Gasteiger partial charge on any atom is -0.481 e. The lowest BCUT2D eigenvalue weighted by atomic mass is 9.80. The third-order valence-electron chi connectivity index (χ3n) is 3.73. The molecule has 19 heavy (non-hydrogen) atoms. The number of fused-ring (bicyclic) bond motifs is 1. The van der Waals surface area contributed by atoms with Gasteiger partial charge in [0.2, 0.25) is 5.91 Å². The van der Waals surface area contributed by atoms with E-state index in [0.29, 0.717) is 13.0 Å². The second-order valence-corrected chi connectivity index (χ2v) is 4.79. The molecule has 2 atom stereocenters. The van der Waals surface area contributed by atoms with Gasteiger partial charge in [0.05, 0.1) is 0 Å². The van der Waals surface area contributed by atoms with Gasteiger partial charge in [0.25, 0.3) is 0 Å². The maximum atomic E-state index is 11.8. The first kappa shape index (κ1) is 11.8. The number of nitrogens with one attached hydrogen (secondary N) is 2. The highest BCUT2D eigenvalue weighted by molar-refractivity contribution is 5.99. The van der Waals surface area contributed by atoms with Crippen LogP contribution in [-0.4, -0.2) is 28.5 Å². The van der Waals surface area contributed by atoms with Crippen LogP contribution in [0, 0.1) is 5.92 Å². The second-order valence-electron chi connectivity index (χ2n) is 4.79. The summed E-state index contributed by atoms with van der Waals surface area (Å²) in [6.07, 6.45) is 2.47. The van der Waals surface area contributed by atoms with Gasteiger partial charge < -0.3 is 15.4 Å². The molecule has 1 fully saturated rings. The summed E-state index contributed by atoms with van der Waals surface area (Å²) in [4.78, 5) is 26.2. The summed E-state index contributed by atoms with van der Waals surface area (Å²) in [7, 11) is 0. The first-order valence-electron chi connectivity index (χ1n) is 6.25. The van der Waals surface area contributed by atoms with Crippen LogP contribution in [0.25, 0.3) is 10.9 Å². The predicted octanol–water partition coefficient (Wildman–Crippen LogP) is 1.47. The lowest BCUT2D eigenvalue weighted by molar-refractivity contribution is -0.149. The standard InChI is InChI=1S/C14H14N2O3/c17-13-12(14(18)19)9(5-6-15-13)10-7-16-11-4-2-1-3-8(10)11/h1-4,7,9,12,16H,5-6H2,(H,15,17)(H,18,19). The Balaban J connectivity index is 2.08. The fourth-order valence-electron chi connectivity index (χ4n) is 2.83. The number of aromatic nitrogens is 1.